The molecule has 2 heterocycles. The molecular formula is C15H23N3O. The van der Waals surface area contributed by atoms with E-state index in [1.807, 2.05) is 17.0 Å². The molecule has 2 rings (SSSR count). The van der Waals surface area contributed by atoms with E-state index in [1.165, 1.54) is 19.4 Å². The summed E-state index contributed by atoms with van der Waals surface area (Å²) in [4.78, 5) is 20.3. The third-order valence-electron chi connectivity index (χ3n) is 3.90. The molecule has 1 atom stereocenters. The van der Waals surface area contributed by atoms with Crippen LogP contribution in [-0.2, 0) is 11.3 Å². The van der Waals surface area contributed by atoms with Crippen LogP contribution in [0.25, 0.3) is 0 Å². The Bertz CT molecular complexity index is 407. The van der Waals surface area contributed by atoms with Gasteiger partial charge in [-0.25, -0.2) is 0 Å². The number of likely N-dealkylation sites (tertiary alicyclic amines) is 1. The molecule has 0 saturated carbocycles. The van der Waals surface area contributed by atoms with Crippen LogP contribution in [-0.4, -0.2) is 46.4 Å². The van der Waals surface area contributed by atoms with Crippen molar-refractivity contribution >= 4 is 5.91 Å². The van der Waals surface area contributed by atoms with Crippen LogP contribution in [0, 0.1) is 0 Å². The van der Waals surface area contributed by atoms with Gasteiger partial charge in [-0.3, -0.25) is 14.7 Å². The van der Waals surface area contributed by atoms with Gasteiger partial charge in [0.2, 0.25) is 5.91 Å². The Balaban J connectivity index is 1.98. The van der Waals surface area contributed by atoms with E-state index in [0.717, 1.165) is 18.7 Å². The second-order valence-electron chi connectivity index (χ2n) is 5.18. The minimum absolute atomic E-state index is 0.153. The van der Waals surface area contributed by atoms with Gasteiger partial charge in [0.05, 0.1) is 0 Å². The van der Waals surface area contributed by atoms with Crippen LogP contribution in [0.1, 0.15) is 32.3 Å². The fourth-order valence-electron chi connectivity index (χ4n) is 2.79. The summed E-state index contributed by atoms with van der Waals surface area (Å²) >= 11 is 0. The Labute approximate surface area is 115 Å². The lowest BCUT2D eigenvalue weighted by molar-refractivity contribution is -0.130. The smallest absolute Gasteiger partial charge is 0.219 e. The molecule has 0 aliphatic carbocycles. The lowest BCUT2D eigenvalue weighted by Gasteiger charge is -2.29. The van der Waals surface area contributed by atoms with E-state index in [4.69, 9.17) is 0 Å². The Morgan fingerprint density at radius 1 is 1.47 bits per heavy atom. The molecule has 1 aliphatic heterocycles. The zero-order valence-corrected chi connectivity index (χ0v) is 11.9. The monoisotopic (exact) mass is 261 g/mol. The first-order valence-electron chi connectivity index (χ1n) is 7.09. The third kappa shape index (κ3) is 3.77. The first-order chi connectivity index (χ1) is 9.20. The fourth-order valence-corrected chi connectivity index (χ4v) is 2.79. The maximum atomic E-state index is 11.8. The maximum Gasteiger partial charge on any atom is 0.219 e. The van der Waals surface area contributed by atoms with Crippen molar-refractivity contribution in [2.75, 3.05) is 19.6 Å². The predicted molar refractivity (Wildman–Crippen MR) is 75.6 cm³/mol. The number of pyridine rings is 1. The molecule has 1 amide bonds. The second kappa shape index (κ2) is 6.66. The number of nitrogens with zero attached hydrogens (tertiary/aromatic N) is 3. The van der Waals surface area contributed by atoms with Crippen molar-refractivity contribution in [1.82, 2.24) is 14.8 Å². The van der Waals surface area contributed by atoms with Crippen LogP contribution in [0.15, 0.2) is 24.5 Å². The fraction of sp³-hybridized carbons (Fsp3) is 0.600. The van der Waals surface area contributed by atoms with E-state index in [9.17, 15) is 4.79 Å². The van der Waals surface area contributed by atoms with Crippen LogP contribution < -0.4 is 0 Å². The summed E-state index contributed by atoms with van der Waals surface area (Å²) in [6.45, 7) is 7.62. The molecule has 1 aromatic heterocycles. The van der Waals surface area contributed by atoms with E-state index in [2.05, 4.69) is 16.8 Å². The Hall–Kier alpha value is -1.42. The predicted octanol–water partition coefficient (Wildman–Crippen LogP) is 1.91. The number of amides is 1. The number of carbonyl (C=O) groups is 1. The highest BCUT2D eigenvalue weighted by atomic mass is 16.2. The molecule has 1 aliphatic rings. The van der Waals surface area contributed by atoms with Gasteiger partial charge in [0.25, 0.3) is 0 Å². The molecule has 4 heteroatoms. The van der Waals surface area contributed by atoms with Gasteiger partial charge in [-0.15, -0.1) is 0 Å². The van der Waals surface area contributed by atoms with Gasteiger partial charge < -0.3 is 4.90 Å². The second-order valence-corrected chi connectivity index (χ2v) is 5.18. The molecular weight excluding hydrogens is 238 g/mol. The Morgan fingerprint density at radius 3 is 2.84 bits per heavy atom. The zero-order valence-electron chi connectivity index (χ0n) is 11.9. The molecule has 1 aromatic rings. The summed E-state index contributed by atoms with van der Waals surface area (Å²) in [6.07, 6.45) is 6.01. The van der Waals surface area contributed by atoms with Crippen molar-refractivity contribution in [3.8, 4) is 0 Å². The maximum absolute atomic E-state index is 11.8. The summed E-state index contributed by atoms with van der Waals surface area (Å²) in [5.74, 6) is 0.153. The summed E-state index contributed by atoms with van der Waals surface area (Å²) in [7, 11) is 0. The zero-order chi connectivity index (χ0) is 13.7. The van der Waals surface area contributed by atoms with Crippen LogP contribution in [0.2, 0.25) is 0 Å². The van der Waals surface area contributed by atoms with Gasteiger partial charge in [-0.2, -0.15) is 0 Å². The molecule has 0 radical (unpaired) electrons. The molecule has 1 saturated heterocycles. The number of hydrogen-bond donors (Lipinski definition) is 0. The SMILES string of the molecule is CCN1CCC[C@@H]1CN(Cc1ccncc1)C(C)=O. The number of aromatic nitrogens is 1. The van der Waals surface area contributed by atoms with Gasteiger partial charge in [0, 0.05) is 38.4 Å². The van der Waals surface area contributed by atoms with Crippen molar-refractivity contribution in [2.24, 2.45) is 0 Å². The van der Waals surface area contributed by atoms with Gasteiger partial charge >= 0.3 is 0 Å². The van der Waals surface area contributed by atoms with Gasteiger partial charge in [0.1, 0.15) is 0 Å². The third-order valence-corrected chi connectivity index (χ3v) is 3.90. The van der Waals surface area contributed by atoms with Gasteiger partial charge in [0.15, 0.2) is 0 Å². The average molecular weight is 261 g/mol. The van der Waals surface area contributed by atoms with E-state index in [1.54, 1.807) is 19.3 Å². The standard InChI is InChI=1S/C15H23N3O/c1-3-17-10-4-5-15(17)12-18(13(2)19)11-14-6-8-16-9-7-14/h6-9,15H,3-5,10-12H2,1-2H3/t15-/m1/s1. The van der Waals surface area contributed by atoms with Gasteiger partial charge in [-0.1, -0.05) is 6.92 Å². The molecule has 19 heavy (non-hydrogen) atoms. The van der Waals surface area contributed by atoms with Crippen LogP contribution in [0.4, 0.5) is 0 Å². The molecule has 0 bridgehead atoms. The normalized spacial score (nSPS) is 19.6. The highest BCUT2D eigenvalue weighted by Gasteiger charge is 2.25. The topological polar surface area (TPSA) is 36.4 Å². The highest BCUT2D eigenvalue weighted by Crippen LogP contribution is 2.18. The molecule has 104 valence electrons. The minimum Gasteiger partial charge on any atom is -0.337 e. The number of hydrogen-bond acceptors (Lipinski definition) is 3. The van der Waals surface area contributed by atoms with Crippen LogP contribution in [0.3, 0.4) is 0 Å². The quantitative estimate of drug-likeness (QED) is 0.812. The molecule has 1 fully saturated rings. The summed E-state index contributed by atoms with van der Waals surface area (Å²) in [5, 5.41) is 0. The summed E-state index contributed by atoms with van der Waals surface area (Å²) < 4.78 is 0. The van der Waals surface area contributed by atoms with Crippen LogP contribution >= 0.6 is 0 Å². The largest absolute Gasteiger partial charge is 0.337 e. The van der Waals surface area contributed by atoms with E-state index < -0.39 is 0 Å². The Kier molecular flexibility index (Phi) is 4.91. The number of likely N-dealkylation sites (N-methyl/N-ethyl adjacent to an activating group) is 1. The molecule has 4 nitrogen and oxygen atoms in total. The van der Waals surface area contributed by atoms with Crippen molar-refractivity contribution in [3.05, 3.63) is 30.1 Å². The summed E-state index contributed by atoms with van der Waals surface area (Å²) in [5.41, 5.74) is 1.14. The molecule has 0 N–H and O–H groups in total. The van der Waals surface area contributed by atoms with E-state index >= 15 is 0 Å². The number of carbonyl (C=O) groups excluding carboxylic acids is 1. The van der Waals surface area contributed by atoms with Crippen molar-refractivity contribution in [3.63, 3.8) is 0 Å². The highest BCUT2D eigenvalue weighted by molar-refractivity contribution is 5.73. The van der Waals surface area contributed by atoms with E-state index in [-0.39, 0.29) is 5.91 Å². The van der Waals surface area contributed by atoms with E-state index in [0.29, 0.717) is 12.6 Å². The number of rotatable bonds is 5. The van der Waals surface area contributed by atoms with Crippen molar-refractivity contribution < 1.29 is 4.79 Å². The van der Waals surface area contributed by atoms with Gasteiger partial charge in [-0.05, 0) is 43.6 Å². The van der Waals surface area contributed by atoms with Crippen LogP contribution in [0.5, 0.6) is 0 Å². The lowest BCUT2D eigenvalue weighted by atomic mass is 10.2. The Morgan fingerprint density at radius 2 is 2.21 bits per heavy atom. The summed E-state index contributed by atoms with van der Waals surface area (Å²) in [6, 6.07) is 4.47. The minimum atomic E-state index is 0.153. The molecule has 0 spiro atoms. The average Bonchev–Trinajstić information content (AvgIpc) is 2.86. The molecule has 0 unspecified atom stereocenters. The first-order valence-corrected chi connectivity index (χ1v) is 7.09. The molecule has 0 aromatic carbocycles. The van der Waals surface area contributed by atoms with Crippen molar-refractivity contribution in [2.45, 2.75) is 39.3 Å². The first kappa shape index (κ1) is 14.0. The van der Waals surface area contributed by atoms with Crippen molar-refractivity contribution in [1.29, 1.82) is 0 Å². The lowest BCUT2D eigenvalue weighted by Crippen LogP contribution is -2.41.